The molecule has 1 aromatic rings. The Morgan fingerprint density at radius 2 is 2.12 bits per heavy atom. The monoisotopic (exact) mass is 337 g/mol. The van der Waals surface area contributed by atoms with Gasteiger partial charge in [0, 0.05) is 6.54 Å². The molecule has 1 amide bonds. The van der Waals surface area contributed by atoms with E-state index in [2.05, 4.69) is 0 Å². The van der Waals surface area contributed by atoms with Crippen LogP contribution in [0.5, 0.6) is 0 Å². The molecule has 1 fully saturated rings. The first-order valence-corrected chi connectivity index (χ1v) is 8.35. The zero-order chi connectivity index (χ0) is 17.5. The van der Waals surface area contributed by atoms with E-state index in [9.17, 15) is 14.3 Å². The highest BCUT2D eigenvalue weighted by Crippen LogP contribution is 2.40. The van der Waals surface area contributed by atoms with Gasteiger partial charge >= 0.3 is 6.09 Å². The summed E-state index contributed by atoms with van der Waals surface area (Å²) in [6.45, 7) is 6.21. The van der Waals surface area contributed by atoms with Gasteiger partial charge in [0.15, 0.2) is 0 Å². The van der Waals surface area contributed by atoms with Crippen LogP contribution in [0, 0.1) is 5.82 Å². The van der Waals surface area contributed by atoms with Crippen molar-refractivity contribution >= 4 is 6.09 Å². The number of carbonyl (C=O) groups is 1. The van der Waals surface area contributed by atoms with Crippen molar-refractivity contribution in [1.82, 2.24) is 4.90 Å². The molecule has 0 bridgehead atoms. The van der Waals surface area contributed by atoms with Crippen molar-refractivity contribution in [3.8, 4) is 0 Å². The first kappa shape index (κ1) is 17.2. The normalized spacial score (nSPS) is 27.0. The SMILES string of the molecule is CC(C)(C)OC(=O)N1CCC[C@H]1[C@H]1OC[C@@H](O)c2cc(F)ccc21. The molecule has 2 aliphatic heterocycles. The quantitative estimate of drug-likeness (QED) is 0.854. The largest absolute Gasteiger partial charge is 0.444 e. The Bertz CT molecular complexity index is 628. The highest BCUT2D eigenvalue weighted by atomic mass is 19.1. The van der Waals surface area contributed by atoms with E-state index in [0.717, 1.165) is 18.4 Å². The summed E-state index contributed by atoms with van der Waals surface area (Å²) in [5.74, 6) is -0.385. The molecular weight excluding hydrogens is 313 g/mol. The van der Waals surface area contributed by atoms with Gasteiger partial charge in [-0.3, -0.25) is 0 Å². The third-order valence-electron chi connectivity index (χ3n) is 4.42. The number of rotatable bonds is 1. The Hall–Kier alpha value is -1.66. The minimum absolute atomic E-state index is 0.0970. The summed E-state index contributed by atoms with van der Waals surface area (Å²) in [4.78, 5) is 14.2. The number of aliphatic hydroxyl groups is 1. The number of aliphatic hydroxyl groups excluding tert-OH is 1. The molecule has 0 radical (unpaired) electrons. The molecule has 1 N–H and O–H groups in total. The Kier molecular flexibility index (Phi) is 4.53. The van der Waals surface area contributed by atoms with Gasteiger partial charge in [-0.25, -0.2) is 9.18 Å². The van der Waals surface area contributed by atoms with Crippen molar-refractivity contribution in [3.05, 3.63) is 35.1 Å². The molecule has 24 heavy (non-hydrogen) atoms. The number of hydrogen-bond acceptors (Lipinski definition) is 4. The molecule has 132 valence electrons. The van der Waals surface area contributed by atoms with E-state index >= 15 is 0 Å². The summed E-state index contributed by atoms with van der Waals surface area (Å²) in [6, 6.07) is 4.18. The summed E-state index contributed by atoms with van der Waals surface area (Å²) in [7, 11) is 0. The topological polar surface area (TPSA) is 59.0 Å². The van der Waals surface area contributed by atoms with Crippen molar-refractivity contribution in [2.45, 2.75) is 57.5 Å². The first-order valence-electron chi connectivity index (χ1n) is 8.35. The summed E-state index contributed by atoms with van der Waals surface area (Å²) >= 11 is 0. The van der Waals surface area contributed by atoms with Crippen LogP contribution in [0.25, 0.3) is 0 Å². The van der Waals surface area contributed by atoms with Crippen LogP contribution in [0.3, 0.4) is 0 Å². The molecule has 0 aliphatic carbocycles. The minimum atomic E-state index is -0.844. The van der Waals surface area contributed by atoms with Crippen molar-refractivity contribution in [2.24, 2.45) is 0 Å². The van der Waals surface area contributed by atoms with Crippen LogP contribution in [-0.4, -0.2) is 40.9 Å². The lowest BCUT2D eigenvalue weighted by molar-refractivity contribution is -0.0641. The summed E-state index contributed by atoms with van der Waals surface area (Å²) in [5.41, 5.74) is 0.729. The summed E-state index contributed by atoms with van der Waals surface area (Å²) in [5, 5.41) is 10.1. The molecule has 0 unspecified atom stereocenters. The zero-order valence-corrected chi connectivity index (χ0v) is 14.3. The average Bonchev–Trinajstić information content (AvgIpc) is 2.96. The highest BCUT2D eigenvalue weighted by Gasteiger charge is 2.41. The lowest BCUT2D eigenvalue weighted by Gasteiger charge is -2.37. The maximum Gasteiger partial charge on any atom is 0.410 e. The second-order valence-corrected chi connectivity index (χ2v) is 7.43. The third-order valence-corrected chi connectivity index (χ3v) is 4.42. The van der Waals surface area contributed by atoms with Gasteiger partial charge in [0.25, 0.3) is 0 Å². The van der Waals surface area contributed by atoms with E-state index in [4.69, 9.17) is 9.47 Å². The fraction of sp³-hybridized carbons (Fsp3) is 0.611. The first-order chi connectivity index (χ1) is 11.3. The molecule has 1 aromatic carbocycles. The summed E-state index contributed by atoms with van der Waals surface area (Å²) in [6.07, 6.45) is 0.0744. The van der Waals surface area contributed by atoms with Crippen LogP contribution < -0.4 is 0 Å². The fourth-order valence-corrected chi connectivity index (χ4v) is 3.44. The van der Waals surface area contributed by atoms with Gasteiger partial charge < -0.3 is 19.5 Å². The number of amides is 1. The zero-order valence-electron chi connectivity index (χ0n) is 14.3. The lowest BCUT2D eigenvalue weighted by atomic mass is 9.91. The fourth-order valence-electron chi connectivity index (χ4n) is 3.44. The predicted octanol–water partition coefficient (Wildman–Crippen LogP) is 3.33. The van der Waals surface area contributed by atoms with Gasteiger partial charge in [-0.1, -0.05) is 6.07 Å². The van der Waals surface area contributed by atoms with Gasteiger partial charge in [-0.15, -0.1) is 0 Å². The number of fused-ring (bicyclic) bond motifs is 1. The van der Waals surface area contributed by atoms with Crippen LogP contribution >= 0.6 is 0 Å². The molecular formula is C18H24FNO4. The third kappa shape index (κ3) is 3.39. The lowest BCUT2D eigenvalue weighted by Crippen LogP contribution is -2.44. The van der Waals surface area contributed by atoms with E-state index in [1.54, 1.807) is 11.0 Å². The number of ether oxygens (including phenoxy) is 2. The van der Waals surface area contributed by atoms with E-state index in [1.807, 2.05) is 20.8 Å². The van der Waals surface area contributed by atoms with Crippen LogP contribution in [0.15, 0.2) is 18.2 Å². The van der Waals surface area contributed by atoms with Gasteiger partial charge in [-0.05, 0) is 56.9 Å². The van der Waals surface area contributed by atoms with Crippen LogP contribution in [0.4, 0.5) is 9.18 Å². The van der Waals surface area contributed by atoms with Gasteiger partial charge in [0.05, 0.1) is 12.6 Å². The minimum Gasteiger partial charge on any atom is -0.444 e. The second kappa shape index (κ2) is 6.33. The molecule has 0 saturated carbocycles. The van der Waals surface area contributed by atoms with Crippen molar-refractivity contribution < 1.29 is 23.8 Å². The van der Waals surface area contributed by atoms with Crippen LogP contribution in [0.2, 0.25) is 0 Å². The highest BCUT2D eigenvalue weighted by molar-refractivity contribution is 5.69. The van der Waals surface area contributed by atoms with E-state index in [0.29, 0.717) is 12.1 Å². The molecule has 1 saturated heterocycles. The molecule has 3 atom stereocenters. The van der Waals surface area contributed by atoms with Gasteiger partial charge in [0.1, 0.15) is 23.6 Å². The van der Waals surface area contributed by atoms with E-state index in [1.165, 1.54) is 12.1 Å². The number of hydrogen-bond donors (Lipinski definition) is 1. The van der Waals surface area contributed by atoms with Gasteiger partial charge in [0.2, 0.25) is 0 Å². The second-order valence-electron chi connectivity index (χ2n) is 7.43. The van der Waals surface area contributed by atoms with Crippen LogP contribution in [0.1, 0.15) is 56.9 Å². The maximum absolute atomic E-state index is 13.5. The summed E-state index contributed by atoms with van der Waals surface area (Å²) < 4.78 is 24.8. The van der Waals surface area contributed by atoms with E-state index in [-0.39, 0.29) is 30.7 Å². The average molecular weight is 337 g/mol. The van der Waals surface area contributed by atoms with E-state index < -0.39 is 11.7 Å². The number of likely N-dealkylation sites (tertiary alicyclic amines) is 1. The van der Waals surface area contributed by atoms with Crippen molar-refractivity contribution in [1.29, 1.82) is 0 Å². The molecule has 2 aliphatic rings. The van der Waals surface area contributed by atoms with Crippen molar-refractivity contribution in [3.63, 3.8) is 0 Å². The Morgan fingerprint density at radius 1 is 1.38 bits per heavy atom. The Labute approximate surface area is 141 Å². The molecule has 3 rings (SSSR count). The molecule has 6 heteroatoms. The predicted molar refractivity (Wildman–Crippen MR) is 86.0 cm³/mol. The van der Waals surface area contributed by atoms with Crippen LogP contribution in [-0.2, 0) is 9.47 Å². The standard InChI is InChI=1S/C18H24FNO4/c1-18(2,3)24-17(22)20-8-4-5-14(20)16-12-7-6-11(19)9-13(12)15(21)10-23-16/h6-7,9,14-16,21H,4-5,8,10H2,1-3H3/t14-,15+,16-/m0/s1. The molecule has 0 spiro atoms. The number of benzene rings is 1. The van der Waals surface area contributed by atoms with Gasteiger partial charge in [-0.2, -0.15) is 0 Å². The number of halogens is 1. The Balaban J connectivity index is 1.86. The number of nitrogens with zero attached hydrogens (tertiary/aromatic N) is 1. The molecule has 0 aromatic heterocycles. The number of carbonyl (C=O) groups excluding carboxylic acids is 1. The Morgan fingerprint density at radius 3 is 2.83 bits per heavy atom. The van der Waals surface area contributed by atoms with Crippen molar-refractivity contribution in [2.75, 3.05) is 13.2 Å². The molecule has 2 heterocycles. The smallest absolute Gasteiger partial charge is 0.410 e. The maximum atomic E-state index is 13.5. The molecule has 5 nitrogen and oxygen atoms in total.